The Kier molecular flexibility index (Phi) is 9.21. The number of carbonyl (C=O) groups is 1. The number of anilines is 1. The van der Waals surface area contributed by atoms with E-state index < -0.39 is 4.92 Å². The van der Waals surface area contributed by atoms with Crippen LogP contribution in [-0.2, 0) is 11.4 Å². The first kappa shape index (κ1) is 25.0. The molecule has 0 saturated carbocycles. The Morgan fingerprint density at radius 1 is 1.12 bits per heavy atom. The lowest BCUT2D eigenvalue weighted by Gasteiger charge is -2.14. The number of benzene rings is 3. The molecule has 0 aliphatic carbocycles. The van der Waals surface area contributed by atoms with Crippen LogP contribution in [0.1, 0.15) is 18.1 Å². The zero-order chi connectivity index (χ0) is 24.3. The summed E-state index contributed by atoms with van der Waals surface area (Å²) in [7, 11) is 0. The minimum Gasteiger partial charge on any atom is -0.490 e. The van der Waals surface area contributed by atoms with E-state index in [1.165, 1.54) is 18.3 Å². The molecule has 0 aromatic heterocycles. The largest absolute Gasteiger partial charge is 0.490 e. The van der Waals surface area contributed by atoms with Crippen molar-refractivity contribution in [1.29, 1.82) is 0 Å². The molecule has 0 fully saturated rings. The summed E-state index contributed by atoms with van der Waals surface area (Å²) in [6.07, 6.45) is 1.53. The Labute approximate surface area is 210 Å². The van der Waals surface area contributed by atoms with Gasteiger partial charge in [0.2, 0.25) is 0 Å². The molecule has 10 heteroatoms. The lowest BCUT2D eigenvalue weighted by molar-refractivity contribution is -0.384. The van der Waals surface area contributed by atoms with E-state index in [1.807, 2.05) is 43.3 Å². The molecule has 34 heavy (non-hydrogen) atoms. The van der Waals surface area contributed by atoms with E-state index in [2.05, 4.69) is 38.4 Å². The number of hydrogen-bond acceptors (Lipinski definition) is 7. The van der Waals surface area contributed by atoms with Crippen molar-refractivity contribution < 1.29 is 19.2 Å². The molecular formula is C24H23IN4O5. The van der Waals surface area contributed by atoms with Crippen LogP contribution in [0.2, 0.25) is 0 Å². The Bertz CT molecular complexity index is 1150. The van der Waals surface area contributed by atoms with Gasteiger partial charge in [-0.2, -0.15) is 5.10 Å². The molecule has 3 rings (SSSR count). The topological polar surface area (TPSA) is 115 Å². The number of ether oxygens (including phenoxy) is 2. The van der Waals surface area contributed by atoms with Crippen LogP contribution in [0.3, 0.4) is 0 Å². The molecule has 0 atom stereocenters. The van der Waals surface area contributed by atoms with E-state index in [0.717, 1.165) is 20.4 Å². The van der Waals surface area contributed by atoms with E-state index in [0.29, 0.717) is 18.1 Å². The van der Waals surface area contributed by atoms with Gasteiger partial charge in [-0.1, -0.05) is 18.2 Å². The zero-order valence-corrected chi connectivity index (χ0v) is 20.5. The second-order valence-corrected chi connectivity index (χ2v) is 8.15. The van der Waals surface area contributed by atoms with Gasteiger partial charge in [0, 0.05) is 17.8 Å². The summed E-state index contributed by atoms with van der Waals surface area (Å²) >= 11 is 2.14. The van der Waals surface area contributed by atoms with Crippen molar-refractivity contribution in [2.75, 3.05) is 18.5 Å². The van der Waals surface area contributed by atoms with E-state index >= 15 is 0 Å². The highest BCUT2D eigenvalue weighted by Gasteiger charge is 2.13. The number of carbonyl (C=O) groups excluding carboxylic acids is 1. The fraction of sp³-hybridized carbons (Fsp3) is 0.167. The van der Waals surface area contributed by atoms with Crippen molar-refractivity contribution in [1.82, 2.24) is 5.43 Å². The number of non-ortho nitro benzene ring substituents is 1. The van der Waals surface area contributed by atoms with Crippen LogP contribution in [0.4, 0.5) is 11.4 Å². The predicted molar refractivity (Wildman–Crippen MR) is 138 cm³/mol. The number of rotatable bonds is 11. The number of hydrazone groups is 1. The number of nitrogens with zero attached hydrogens (tertiary/aromatic N) is 2. The zero-order valence-electron chi connectivity index (χ0n) is 18.4. The summed E-state index contributed by atoms with van der Waals surface area (Å²) in [6.45, 7) is 2.63. The number of halogens is 1. The minimum absolute atomic E-state index is 0.0277. The predicted octanol–water partition coefficient (Wildman–Crippen LogP) is 4.74. The number of amides is 1. The summed E-state index contributed by atoms with van der Waals surface area (Å²) in [5.74, 6) is 0.826. The normalized spacial score (nSPS) is 10.6. The summed E-state index contributed by atoms with van der Waals surface area (Å²) in [5, 5.41) is 17.8. The van der Waals surface area contributed by atoms with Gasteiger partial charge in [-0.25, -0.2) is 5.43 Å². The number of nitro groups is 1. The van der Waals surface area contributed by atoms with Gasteiger partial charge in [0.1, 0.15) is 6.61 Å². The molecule has 2 N–H and O–H groups in total. The van der Waals surface area contributed by atoms with Gasteiger partial charge >= 0.3 is 0 Å². The Hall–Kier alpha value is -3.67. The average molecular weight is 574 g/mol. The quantitative estimate of drug-likeness (QED) is 0.148. The van der Waals surface area contributed by atoms with Gasteiger partial charge in [-0.05, 0) is 77.0 Å². The molecule has 0 aliphatic rings. The highest BCUT2D eigenvalue weighted by molar-refractivity contribution is 14.1. The van der Waals surface area contributed by atoms with Gasteiger partial charge < -0.3 is 14.8 Å². The minimum atomic E-state index is -0.441. The van der Waals surface area contributed by atoms with Crippen LogP contribution >= 0.6 is 22.6 Å². The van der Waals surface area contributed by atoms with Gasteiger partial charge in [-0.3, -0.25) is 14.9 Å². The monoisotopic (exact) mass is 574 g/mol. The van der Waals surface area contributed by atoms with Crippen molar-refractivity contribution in [3.05, 3.63) is 91.5 Å². The highest BCUT2D eigenvalue weighted by Crippen LogP contribution is 2.34. The molecule has 0 saturated heterocycles. The summed E-state index contributed by atoms with van der Waals surface area (Å²) < 4.78 is 12.5. The highest BCUT2D eigenvalue weighted by atomic mass is 127. The molecule has 0 unspecified atom stereocenters. The molecule has 9 nitrogen and oxygen atoms in total. The van der Waals surface area contributed by atoms with Gasteiger partial charge in [0.05, 0.1) is 27.9 Å². The smallest absolute Gasteiger partial charge is 0.269 e. The van der Waals surface area contributed by atoms with E-state index in [9.17, 15) is 14.9 Å². The first-order valence-electron chi connectivity index (χ1n) is 10.4. The van der Waals surface area contributed by atoms with Crippen molar-refractivity contribution >= 4 is 46.1 Å². The lowest BCUT2D eigenvalue weighted by Crippen LogP contribution is -2.25. The standard InChI is InChI=1S/C24H23IN4O5/c1-2-33-22-13-18(14-27-28-23(30)15-26-19-6-4-3-5-7-19)12-21(25)24(22)34-16-17-8-10-20(11-9-17)29(31)32/h3-14,26H,2,15-16H2,1H3,(H,28,30)/b27-14-. The molecule has 1 amide bonds. The molecule has 0 aliphatic heterocycles. The third-order valence-electron chi connectivity index (χ3n) is 4.49. The van der Waals surface area contributed by atoms with E-state index in [1.54, 1.807) is 18.2 Å². The van der Waals surface area contributed by atoms with Crippen LogP contribution < -0.4 is 20.2 Å². The summed E-state index contributed by atoms with van der Waals surface area (Å²) in [6, 6.07) is 19.2. The maximum atomic E-state index is 12.0. The average Bonchev–Trinajstić information content (AvgIpc) is 2.83. The molecule has 3 aromatic carbocycles. The number of hydrogen-bond donors (Lipinski definition) is 2. The number of nitrogens with one attached hydrogen (secondary N) is 2. The van der Waals surface area contributed by atoms with Crippen LogP contribution in [0.5, 0.6) is 11.5 Å². The second-order valence-electron chi connectivity index (χ2n) is 6.99. The second kappa shape index (κ2) is 12.5. The Morgan fingerprint density at radius 2 is 1.85 bits per heavy atom. The maximum Gasteiger partial charge on any atom is 0.269 e. The fourth-order valence-corrected chi connectivity index (χ4v) is 3.67. The van der Waals surface area contributed by atoms with Crippen molar-refractivity contribution in [2.24, 2.45) is 5.10 Å². The van der Waals surface area contributed by atoms with E-state index in [4.69, 9.17) is 9.47 Å². The molecule has 0 bridgehead atoms. The molecule has 0 spiro atoms. The first-order chi connectivity index (χ1) is 16.5. The SMILES string of the molecule is CCOc1cc(/C=N\NC(=O)CNc2ccccc2)cc(I)c1OCc1ccc([N+](=O)[O-])cc1. The van der Waals surface area contributed by atoms with Gasteiger partial charge in [-0.15, -0.1) is 0 Å². The molecule has 176 valence electrons. The number of para-hydroxylation sites is 1. The van der Waals surface area contributed by atoms with Crippen LogP contribution in [0.25, 0.3) is 0 Å². The third-order valence-corrected chi connectivity index (χ3v) is 5.29. The molecule has 0 heterocycles. The molecule has 3 aromatic rings. The van der Waals surface area contributed by atoms with Crippen molar-refractivity contribution in [3.8, 4) is 11.5 Å². The fourth-order valence-electron chi connectivity index (χ4n) is 2.89. The molecule has 0 radical (unpaired) electrons. The Balaban J connectivity index is 1.61. The lowest BCUT2D eigenvalue weighted by atomic mass is 10.2. The van der Waals surface area contributed by atoms with Crippen molar-refractivity contribution in [2.45, 2.75) is 13.5 Å². The summed E-state index contributed by atoms with van der Waals surface area (Å²) in [4.78, 5) is 22.4. The van der Waals surface area contributed by atoms with Gasteiger partial charge in [0.15, 0.2) is 11.5 Å². The van der Waals surface area contributed by atoms with Gasteiger partial charge in [0.25, 0.3) is 11.6 Å². The first-order valence-corrected chi connectivity index (χ1v) is 11.5. The molecular weight excluding hydrogens is 551 g/mol. The van der Waals surface area contributed by atoms with Crippen LogP contribution in [0.15, 0.2) is 71.8 Å². The maximum absolute atomic E-state index is 12.0. The van der Waals surface area contributed by atoms with Crippen LogP contribution in [-0.4, -0.2) is 30.2 Å². The van der Waals surface area contributed by atoms with Crippen molar-refractivity contribution in [3.63, 3.8) is 0 Å². The number of nitro benzene ring substituents is 1. The van der Waals surface area contributed by atoms with E-state index in [-0.39, 0.29) is 24.7 Å². The van der Waals surface area contributed by atoms with Crippen LogP contribution in [0, 0.1) is 13.7 Å². The summed E-state index contributed by atoms with van der Waals surface area (Å²) in [5.41, 5.74) is 4.89. The Morgan fingerprint density at radius 3 is 2.53 bits per heavy atom. The third kappa shape index (κ3) is 7.44.